The lowest BCUT2D eigenvalue weighted by Crippen LogP contribution is -3.00. The van der Waals surface area contributed by atoms with Gasteiger partial charge in [-0.2, -0.15) is 4.57 Å². The number of Topliss-reactive ketones (excluding diaryl/α,β-unsaturated/α-hetero) is 1. The van der Waals surface area contributed by atoms with Gasteiger partial charge in [-0.05, 0) is 35.9 Å². The monoisotopic (exact) mass is 401 g/mol. The van der Waals surface area contributed by atoms with E-state index in [9.17, 15) is 4.79 Å². The Labute approximate surface area is 157 Å². The third kappa shape index (κ3) is 5.02. The highest BCUT2D eigenvalue weighted by molar-refractivity contribution is 6.30. The Morgan fingerprint density at radius 2 is 1.54 bits per heavy atom. The number of aromatic nitrogens is 1. The molecule has 3 aromatic rings. The van der Waals surface area contributed by atoms with Crippen LogP contribution in [0.15, 0.2) is 79.1 Å². The number of pyridine rings is 1. The molecule has 0 N–H and O–H groups in total. The molecule has 0 fully saturated rings. The highest BCUT2D eigenvalue weighted by atomic mass is 79.9. The zero-order valence-corrected chi connectivity index (χ0v) is 15.4. The molecule has 0 spiro atoms. The molecular formula is C20H17BrClNO. The van der Waals surface area contributed by atoms with E-state index in [0.717, 1.165) is 6.42 Å². The lowest BCUT2D eigenvalue weighted by molar-refractivity contribution is -0.683. The van der Waals surface area contributed by atoms with E-state index in [0.29, 0.717) is 17.1 Å². The Morgan fingerprint density at radius 3 is 2.25 bits per heavy atom. The predicted molar refractivity (Wildman–Crippen MR) is 91.7 cm³/mol. The van der Waals surface area contributed by atoms with Crippen molar-refractivity contribution in [2.24, 2.45) is 0 Å². The zero-order chi connectivity index (χ0) is 16.1. The summed E-state index contributed by atoms with van der Waals surface area (Å²) in [5.74, 6) is 0.0727. The average Bonchev–Trinajstić information content (AvgIpc) is 2.57. The second kappa shape index (κ2) is 8.76. The Balaban J connectivity index is 0.00000208. The van der Waals surface area contributed by atoms with Gasteiger partial charge in [0.1, 0.15) is 0 Å². The smallest absolute Gasteiger partial charge is 0.227 e. The molecule has 0 aliphatic carbocycles. The lowest BCUT2D eigenvalue weighted by atomic mass is 10.1. The Hall–Kier alpha value is -1.97. The Kier molecular flexibility index (Phi) is 6.71. The minimum Gasteiger partial charge on any atom is -1.00 e. The largest absolute Gasteiger partial charge is 1.00 e. The van der Waals surface area contributed by atoms with E-state index in [1.54, 1.807) is 24.3 Å². The second-order valence-corrected chi connectivity index (χ2v) is 5.91. The highest BCUT2D eigenvalue weighted by Crippen LogP contribution is 2.10. The molecule has 2 nitrogen and oxygen atoms in total. The van der Waals surface area contributed by atoms with Gasteiger partial charge in [0.25, 0.3) is 0 Å². The van der Waals surface area contributed by atoms with Crippen LogP contribution >= 0.6 is 11.6 Å². The normalized spacial score (nSPS) is 10.0. The van der Waals surface area contributed by atoms with Crippen LogP contribution < -0.4 is 21.5 Å². The molecular weight excluding hydrogens is 386 g/mol. The molecule has 2 aromatic carbocycles. The first-order valence-electron chi connectivity index (χ1n) is 7.51. The SMILES string of the molecule is O=C(C[n+]1cccc(Cc2ccccc2)c1)c1ccc(Cl)cc1.[Br-]. The molecule has 0 bridgehead atoms. The van der Waals surface area contributed by atoms with Crippen LogP contribution in [0, 0.1) is 0 Å². The van der Waals surface area contributed by atoms with Crippen molar-refractivity contribution in [3.8, 4) is 0 Å². The number of halogens is 2. The van der Waals surface area contributed by atoms with Crippen molar-refractivity contribution in [3.05, 3.63) is 101 Å². The molecule has 24 heavy (non-hydrogen) atoms. The molecule has 1 aromatic heterocycles. The van der Waals surface area contributed by atoms with E-state index < -0.39 is 0 Å². The van der Waals surface area contributed by atoms with E-state index in [2.05, 4.69) is 18.2 Å². The number of benzene rings is 2. The second-order valence-electron chi connectivity index (χ2n) is 5.48. The van der Waals surface area contributed by atoms with E-state index >= 15 is 0 Å². The summed E-state index contributed by atoms with van der Waals surface area (Å²) < 4.78 is 1.93. The maximum Gasteiger partial charge on any atom is 0.227 e. The maximum absolute atomic E-state index is 12.3. The Bertz CT molecular complexity index is 803. The van der Waals surface area contributed by atoms with Gasteiger partial charge in [0.2, 0.25) is 12.3 Å². The summed E-state index contributed by atoms with van der Waals surface area (Å²) in [5.41, 5.74) is 3.12. The summed E-state index contributed by atoms with van der Waals surface area (Å²) in [6.07, 6.45) is 4.81. The third-order valence-corrected chi connectivity index (χ3v) is 3.91. The van der Waals surface area contributed by atoms with Crippen LogP contribution in [0.5, 0.6) is 0 Å². The zero-order valence-electron chi connectivity index (χ0n) is 13.0. The van der Waals surface area contributed by atoms with Gasteiger partial charge in [-0.15, -0.1) is 0 Å². The fourth-order valence-electron chi connectivity index (χ4n) is 2.50. The van der Waals surface area contributed by atoms with Crippen LogP contribution in [0.1, 0.15) is 21.5 Å². The molecule has 0 saturated heterocycles. The molecule has 0 aliphatic heterocycles. The minimum atomic E-state index is 0. The van der Waals surface area contributed by atoms with Gasteiger partial charge < -0.3 is 17.0 Å². The van der Waals surface area contributed by atoms with E-state index in [-0.39, 0.29) is 22.8 Å². The van der Waals surface area contributed by atoms with Crippen molar-refractivity contribution in [2.75, 3.05) is 0 Å². The molecule has 0 aliphatic rings. The first-order chi connectivity index (χ1) is 11.2. The van der Waals surface area contributed by atoms with Crippen molar-refractivity contribution in [1.29, 1.82) is 0 Å². The molecule has 0 amide bonds. The first-order valence-corrected chi connectivity index (χ1v) is 7.89. The molecule has 0 unspecified atom stereocenters. The van der Waals surface area contributed by atoms with Crippen LogP contribution in [-0.4, -0.2) is 5.78 Å². The van der Waals surface area contributed by atoms with E-state index in [1.165, 1.54) is 11.1 Å². The van der Waals surface area contributed by atoms with E-state index in [1.807, 2.05) is 41.2 Å². The molecule has 4 heteroatoms. The summed E-state index contributed by atoms with van der Waals surface area (Å²) in [7, 11) is 0. The van der Waals surface area contributed by atoms with Crippen molar-refractivity contribution in [3.63, 3.8) is 0 Å². The van der Waals surface area contributed by atoms with Gasteiger partial charge in [0.05, 0.1) is 0 Å². The summed E-state index contributed by atoms with van der Waals surface area (Å²) >= 11 is 5.86. The van der Waals surface area contributed by atoms with Gasteiger partial charge >= 0.3 is 0 Å². The molecule has 122 valence electrons. The number of rotatable bonds is 5. The minimum absolute atomic E-state index is 0. The maximum atomic E-state index is 12.3. The quantitative estimate of drug-likeness (QED) is 0.463. The average molecular weight is 403 g/mol. The summed E-state index contributed by atoms with van der Waals surface area (Å²) in [6, 6.07) is 21.4. The summed E-state index contributed by atoms with van der Waals surface area (Å²) in [6.45, 7) is 0.324. The van der Waals surface area contributed by atoms with Crippen molar-refractivity contribution < 1.29 is 26.3 Å². The number of carbonyl (C=O) groups is 1. The predicted octanol–water partition coefficient (Wildman–Crippen LogP) is 1.11. The number of carbonyl (C=O) groups excluding carboxylic acids is 1. The molecule has 0 radical (unpaired) electrons. The van der Waals surface area contributed by atoms with Crippen molar-refractivity contribution >= 4 is 17.4 Å². The van der Waals surface area contributed by atoms with Crippen LogP contribution in [0.3, 0.4) is 0 Å². The number of nitrogens with zero attached hydrogens (tertiary/aromatic N) is 1. The fraction of sp³-hybridized carbons (Fsp3) is 0.100. The van der Waals surface area contributed by atoms with Crippen molar-refractivity contribution in [2.45, 2.75) is 13.0 Å². The molecule has 1 heterocycles. The van der Waals surface area contributed by atoms with Crippen LogP contribution in [0.4, 0.5) is 0 Å². The van der Waals surface area contributed by atoms with Gasteiger partial charge in [-0.3, -0.25) is 4.79 Å². The lowest BCUT2D eigenvalue weighted by Gasteiger charge is -2.02. The number of hydrogen-bond donors (Lipinski definition) is 0. The molecule has 3 rings (SSSR count). The van der Waals surface area contributed by atoms with Gasteiger partial charge in [0, 0.05) is 28.6 Å². The van der Waals surface area contributed by atoms with Gasteiger partial charge in [-0.1, -0.05) is 41.9 Å². The van der Waals surface area contributed by atoms with Gasteiger partial charge in [-0.25, -0.2) is 0 Å². The molecule has 0 atom stereocenters. The van der Waals surface area contributed by atoms with Crippen LogP contribution in [0.25, 0.3) is 0 Å². The number of ketones is 1. The highest BCUT2D eigenvalue weighted by Gasteiger charge is 2.12. The summed E-state index contributed by atoms with van der Waals surface area (Å²) in [5, 5.41) is 0.638. The number of hydrogen-bond acceptors (Lipinski definition) is 1. The van der Waals surface area contributed by atoms with Crippen LogP contribution in [0.2, 0.25) is 5.02 Å². The van der Waals surface area contributed by atoms with Crippen LogP contribution in [-0.2, 0) is 13.0 Å². The molecule has 0 saturated carbocycles. The van der Waals surface area contributed by atoms with E-state index in [4.69, 9.17) is 11.6 Å². The third-order valence-electron chi connectivity index (χ3n) is 3.66. The standard InChI is InChI=1S/C20H17ClNO.BrH/c21-19-10-8-18(9-11-19)20(23)15-22-12-4-7-17(14-22)13-16-5-2-1-3-6-16;/h1-12,14H,13,15H2;1H/q+1;/p-1. The summed E-state index contributed by atoms with van der Waals surface area (Å²) in [4.78, 5) is 12.3. The fourth-order valence-corrected chi connectivity index (χ4v) is 2.63. The first kappa shape index (κ1) is 18.4. The van der Waals surface area contributed by atoms with Gasteiger partial charge in [0.15, 0.2) is 12.4 Å². The Morgan fingerprint density at radius 1 is 0.875 bits per heavy atom. The topological polar surface area (TPSA) is 20.9 Å². The van der Waals surface area contributed by atoms with Crippen molar-refractivity contribution in [1.82, 2.24) is 0 Å².